The number of hydrogen-bond donors (Lipinski definition) is 1. The third-order valence-electron chi connectivity index (χ3n) is 2.63. The Balaban J connectivity index is 2.69. The van der Waals surface area contributed by atoms with Crippen molar-refractivity contribution in [2.75, 3.05) is 20.6 Å². The van der Waals surface area contributed by atoms with Crippen LogP contribution in [0.5, 0.6) is 0 Å². The first-order valence-electron chi connectivity index (χ1n) is 5.40. The zero-order valence-electron chi connectivity index (χ0n) is 10.1. The molecule has 0 amide bonds. The molecule has 0 radical (unpaired) electrons. The first-order valence-corrected chi connectivity index (χ1v) is 5.40. The summed E-state index contributed by atoms with van der Waals surface area (Å²) in [5.74, 6) is 0. The summed E-state index contributed by atoms with van der Waals surface area (Å²) in [7, 11) is 4.05. The summed E-state index contributed by atoms with van der Waals surface area (Å²) in [6.07, 6.45) is 0.449. The second-order valence-electron chi connectivity index (χ2n) is 4.47. The lowest BCUT2D eigenvalue weighted by molar-refractivity contribution is 0.153. The van der Waals surface area contributed by atoms with E-state index in [1.54, 1.807) is 0 Å². The molecule has 0 bridgehead atoms. The Morgan fingerprint density at radius 2 is 1.93 bits per heavy atom. The van der Waals surface area contributed by atoms with Crippen molar-refractivity contribution in [2.45, 2.75) is 26.4 Å². The van der Waals surface area contributed by atoms with Crippen LogP contribution in [0, 0.1) is 13.8 Å². The van der Waals surface area contributed by atoms with Crippen molar-refractivity contribution in [3.05, 3.63) is 34.9 Å². The van der Waals surface area contributed by atoms with Crippen molar-refractivity contribution >= 4 is 0 Å². The predicted octanol–water partition coefficient (Wildman–Crippen LogP) is 2.29. The van der Waals surface area contributed by atoms with Gasteiger partial charge in [-0.1, -0.05) is 23.8 Å². The van der Waals surface area contributed by atoms with Gasteiger partial charge in [0, 0.05) is 6.54 Å². The van der Waals surface area contributed by atoms with Crippen LogP contribution in [0.4, 0.5) is 0 Å². The smallest absolute Gasteiger partial charge is 0.0804 e. The van der Waals surface area contributed by atoms with E-state index in [0.29, 0.717) is 0 Å². The molecular weight excluding hydrogens is 186 g/mol. The molecule has 0 heterocycles. The summed E-state index contributed by atoms with van der Waals surface area (Å²) in [4.78, 5) is 2.09. The molecule has 0 aliphatic carbocycles. The van der Waals surface area contributed by atoms with E-state index < -0.39 is 0 Å². The maximum Gasteiger partial charge on any atom is 0.0804 e. The van der Waals surface area contributed by atoms with Crippen LogP contribution in [-0.4, -0.2) is 30.6 Å². The molecule has 0 saturated heterocycles. The number of benzene rings is 1. The van der Waals surface area contributed by atoms with Crippen LogP contribution < -0.4 is 0 Å². The van der Waals surface area contributed by atoms with Crippen molar-refractivity contribution < 1.29 is 5.11 Å². The Kier molecular flexibility index (Phi) is 4.30. The van der Waals surface area contributed by atoms with Gasteiger partial charge in [-0.2, -0.15) is 0 Å². The molecule has 1 rings (SSSR count). The summed E-state index contributed by atoms with van der Waals surface area (Å²) in [6, 6.07) is 6.21. The lowest BCUT2D eigenvalue weighted by Gasteiger charge is -2.16. The molecule has 0 fully saturated rings. The number of aliphatic hydroxyl groups excluding tert-OH is 1. The normalized spacial score (nSPS) is 13.2. The molecule has 1 atom stereocenters. The Morgan fingerprint density at radius 3 is 2.47 bits per heavy atom. The quantitative estimate of drug-likeness (QED) is 0.819. The zero-order valence-corrected chi connectivity index (χ0v) is 10.1. The molecule has 1 N–H and O–H groups in total. The highest BCUT2D eigenvalue weighted by molar-refractivity contribution is 5.31. The van der Waals surface area contributed by atoms with E-state index >= 15 is 0 Å². The number of hydrogen-bond acceptors (Lipinski definition) is 2. The first-order chi connectivity index (χ1) is 7.00. The van der Waals surface area contributed by atoms with Crippen LogP contribution in [0.3, 0.4) is 0 Å². The number of aliphatic hydroxyl groups is 1. The Hall–Kier alpha value is -0.860. The van der Waals surface area contributed by atoms with Gasteiger partial charge in [-0.05, 0) is 45.5 Å². The zero-order chi connectivity index (χ0) is 11.4. The Bertz CT molecular complexity index is 320. The lowest BCUT2D eigenvalue weighted by atomic mass is 9.99. The molecule has 15 heavy (non-hydrogen) atoms. The van der Waals surface area contributed by atoms with Crippen LogP contribution in [0.15, 0.2) is 18.2 Å². The minimum absolute atomic E-state index is 0.340. The summed E-state index contributed by atoms with van der Waals surface area (Å²) >= 11 is 0. The van der Waals surface area contributed by atoms with E-state index in [-0.39, 0.29) is 6.10 Å². The van der Waals surface area contributed by atoms with Crippen molar-refractivity contribution in [3.63, 3.8) is 0 Å². The number of rotatable bonds is 4. The molecule has 0 aromatic heterocycles. The molecule has 1 aromatic rings. The molecule has 0 aliphatic heterocycles. The molecule has 1 aromatic carbocycles. The van der Waals surface area contributed by atoms with Crippen LogP contribution in [0.25, 0.3) is 0 Å². The van der Waals surface area contributed by atoms with Crippen LogP contribution in [0.2, 0.25) is 0 Å². The summed E-state index contributed by atoms with van der Waals surface area (Å²) in [6.45, 7) is 5.04. The highest BCUT2D eigenvalue weighted by Gasteiger charge is 2.10. The molecule has 2 heteroatoms. The molecule has 1 unspecified atom stereocenters. The lowest BCUT2D eigenvalue weighted by Crippen LogP contribution is -2.16. The van der Waals surface area contributed by atoms with Gasteiger partial charge in [0.1, 0.15) is 0 Å². The second kappa shape index (κ2) is 5.29. The Morgan fingerprint density at radius 1 is 1.27 bits per heavy atom. The molecular formula is C13H21NO. The summed E-state index contributed by atoms with van der Waals surface area (Å²) in [5.41, 5.74) is 3.49. The van der Waals surface area contributed by atoms with Gasteiger partial charge in [-0.15, -0.1) is 0 Å². The van der Waals surface area contributed by atoms with Crippen LogP contribution in [-0.2, 0) is 0 Å². The highest BCUT2D eigenvalue weighted by Crippen LogP contribution is 2.21. The SMILES string of the molecule is Cc1ccc(C(O)CCN(C)C)c(C)c1. The summed E-state index contributed by atoms with van der Waals surface area (Å²) in [5, 5.41) is 10.0. The minimum Gasteiger partial charge on any atom is -0.388 e. The fraction of sp³-hybridized carbons (Fsp3) is 0.538. The predicted molar refractivity (Wildman–Crippen MR) is 64.0 cm³/mol. The van der Waals surface area contributed by atoms with E-state index in [0.717, 1.165) is 18.5 Å². The van der Waals surface area contributed by atoms with Crippen molar-refractivity contribution in [1.29, 1.82) is 0 Å². The molecule has 84 valence electrons. The minimum atomic E-state index is -0.340. The third-order valence-corrected chi connectivity index (χ3v) is 2.63. The van der Waals surface area contributed by atoms with E-state index in [9.17, 15) is 5.11 Å². The highest BCUT2D eigenvalue weighted by atomic mass is 16.3. The number of aryl methyl sites for hydroxylation is 2. The molecule has 2 nitrogen and oxygen atoms in total. The van der Waals surface area contributed by atoms with Crippen molar-refractivity contribution in [1.82, 2.24) is 4.90 Å². The van der Waals surface area contributed by atoms with Gasteiger partial charge in [-0.3, -0.25) is 0 Å². The summed E-state index contributed by atoms with van der Waals surface area (Å²) < 4.78 is 0. The van der Waals surface area contributed by atoms with Crippen LogP contribution >= 0.6 is 0 Å². The van der Waals surface area contributed by atoms with Crippen molar-refractivity contribution in [3.8, 4) is 0 Å². The van der Waals surface area contributed by atoms with E-state index in [1.807, 2.05) is 20.2 Å². The van der Waals surface area contributed by atoms with Gasteiger partial charge < -0.3 is 10.0 Å². The van der Waals surface area contributed by atoms with Crippen molar-refractivity contribution in [2.24, 2.45) is 0 Å². The van der Waals surface area contributed by atoms with Gasteiger partial charge in [0.25, 0.3) is 0 Å². The first kappa shape index (κ1) is 12.2. The molecule has 0 saturated carbocycles. The fourth-order valence-electron chi connectivity index (χ4n) is 1.74. The topological polar surface area (TPSA) is 23.5 Å². The second-order valence-corrected chi connectivity index (χ2v) is 4.47. The number of nitrogens with zero attached hydrogens (tertiary/aromatic N) is 1. The third kappa shape index (κ3) is 3.65. The molecule has 0 aliphatic rings. The Labute approximate surface area is 92.5 Å². The maximum absolute atomic E-state index is 10.0. The monoisotopic (exact) mass is 207 g/mol. The molecule has 0 spiro atoms. The fourth-order valence-corrected chi connectivity index (χ4v) is 1.74. The van der Waals surface area contributed by atoms with E-state index in [1.165, 1.54) is 11.1 Å². The average Bonchev–Trinajstić information content (AvgIpc) is 2.14. The van der Waals surface area contributed by atoms with Gasteiger partial charge in [0.2, 0.25) is 0 Å². The van der Waals surface area contributed by atoms with E-state index in [4.69, 9.17) is 0 Å². The van der Waals surface area contributed by atoms with Gasteiger partial charge in [-0.25, -0.2) is 0 Å². The average molecular weight is 207 g/mol. The standard InChI is InChI=1S/C13H21NO/c1-10-5-6-12(11(2)9-10)13(15)7-8-14(3)4/h5-6,9,13,15H,7-8H2,1-4H3. The van der Waals surface area contributed by atoms with Crippen LogP contribution in [0.1, 0.15) is 29.2 Å². The van der Waals surface area contributed by atoms with Gasteiger partial charge >= 0.3 is 0 Å². The van der Waals surface area contributed by atoms with Gasteiger partial charge in [0.05, 0.1) is 6.10 Å². The van der Waals surface area contributed by atoms with Gasteiger partial charge in [0.15, 0.2) is 0 Å². The largest absolute Gasteiger partial charge is 0.388 e. The maximum atomic E-state index is 10.0. The van der Waals surface area contributed by atoms with E-state index in [2.05, 4.69) is 30.9 Å².